The molecule has 0 saturated heterocycles. The summed E-state index contributed by atoms with van der Waals surface area (Å²) in [5.41, 5.74) is 2.78. The summed E-state index contributed by atoms with van der Waals surface area (Å²) in [6.45, 7) is 4.20. The van der Waals surface area contributed by atoms with E-state index in [1.165, 1.54) is 30.7 Å². The van der Waals surface area contributed by atoms with Crippen LogP contribution < -0.4 is 10.1 Å². The van der Waals surface area contributed by atoms with Crippen LogP contribution in [-0.2, 0) is 0 Å². The molecule has 1 aliphatic rings. The highest BCUT2D eigenvalue weighted by Crippen LogP contribution is 2.40. The number of aromatic nitrogens is 2. The summed E-state index contributed by atoms with van der Waals surface area (Å²) in [5, 5.41) is 4.15. The highest BCUT2D eigenvalue weighted by atomic mass is 32.1. The van der Waals surface area contributed by atoms with E-state index in [0.29, 0.717) is 23.0 Å². The van der Waals surface area contributed by atoms with Crippen molar-refractivity contribution < 1.29 is 9.53 Å². The lowest BCUT2D eigenvalue weighted by molar-refractivity contribution is 0.102. The Morgan fingerprint density at radius 1 is 1.18 bits per heavy atom. The number of pyridine rings is 1. The molecule has 1 saturated carbocycles. The maximum atomic E-state index is 12.6. The topological polar surface area (TPSA) is 64.1 Å². The quantitative estimate of drug-likeness (QED) is 0.629. The molecule has 146 valence electrons. The van der Waals surface area contributed by atoms with Crippen LogP contribution in [0.5, 0.6) is 5.75 Å². The van der Waals surface area contributed by atoms with Crippen molar-refractivity contribution in [2.75, 3.05) is 12.4 Å². The SMILES string of the molecule is COc1cc2nc([C@H]3CC[C@H](C)CC3)sc2cc1NC(=O)c1cccc(C)n1. The minimum atomic E-state index is -0.243. The van der Waals surface area contributed by atoms with Crippen LogP contribution in [0.3, 0.4) is 0 Å². The van der Waals surface area contributed by atoms with Crippen molar-refractivity contribution in [2.45, 2.75) is 45.4 Å². The molecule has 1 aliphatic carbocycles. The van der Waals surface area contributed by atoms with Gasteiger partial charge in [0.25, 0.3) is 5.91 Å². The second kappa shape index (κ2) is 7.87. The molecule has 0 radical (unpaired) electrons. The van der Waals surface area contributed by atoms with E-state index in [2.05, 4.69) is 17.2 Å². The van der Waals surface area contributed by atoms with Gasteiger partial charge in [0.2, 0.25) is 0 Å². The first-order chi connectivity index (χ1) is 13.5. The first-order valence-corrected chi connectivity index (χ1v) is 10.6. The summed E-state index contributed by atoms with van der Waals surface area (Å²) >= 11 is 1.73. The van der Waals surface area contributed by atoms with Gasteiger partial charge in [-0.05, 0) is 43.9 Å². The molecule has 2 aromatic heterocycles. The fourth-order valence-electron chi connectivity index (χ4n) is 3.78. The highest BCUT2D eigenvalue weighted by molar-refractivity contribution is 7.18. The number of hydrogen-bond donors (Lipinski definition) is 1. The first-order valence-electron chi connectivity index (χ1n) is 9.77. The number of hydrogen-bond acceptors (Lipinski definition) is 5. The maximum absolute atomic E-state index is 12.6. The predicted molar refractivity (Wildman–Crippen MR) is 113 cm³/mol. The zero-order chi connectivity index (χ0) is 19.7. The van der Waals surface area contributed by atoms with Gasteiger partial charge in [-0.2, -0.15) is 0 Å². The maximum Gasteiger partial charge on any atom is 0.274 e. The standard InChI is InChI=1S/C22H25N3O2S/c1-13-7-9-15(10-8-13)22-25-18-11-19(27-3)17(12-20(18)28-22)24-21(26)16-6-4-5-14(2)23-16/h4-6,11-13,15H,7-10H2,1-3H3,(H,24,26)/t13-,15-. The van der Waals surface area contributed by atoms with Crippen LogP contribution in [0.1, 0.15) is 59.7 Å². The summed E-state index contributed by atoms with van der Waals surface area (Å²) in [7, 11) is 1.61. The summed E-state index contributed by atoms with van der Waals surface area (Å²) < 4.78 is 6.58. The normalized spacial score (nSPS) is 19.5. The van der Waals surface area contributed by atoms with E-state index in [1.54, 1.807) is 24.5 Å². The second-order valence-corrected chi connectivity index (χ2v) is 8.71. The Morgan fingerprint density at radius 3 is 2.68 bits per heavy atom. The largest absolute Gasteiger partial charge is 0.494 e. The number of rotatable bonds is 4. The van der Waals surface area contributed by atoms with Gasteiger partial charge in [0.05, 0.1) is 28.0 Å². The van der Waals surface area contributed by atoms with Crippen molar-refractivity contribution in [2.24, 2.45) is 5.92 Å². The molecule has 28 heavy (non-hydrogen) atoms. The Morgan fingerprint density at radius 2 is 1.96 bits per heavy atom. The van der Waals surface area contributed by atoms with E-state index in [1.807, 2.05) is 31.2 Å². The number of carbonyl (C=O) groups excluding carboxylic acids is 1. The smallest absolute Gasteiger partial charge is 0.274 e. The van der Waals surface area contributed by atoms with E-state index in [4.69, 9.17) is 9.72 Å². The average Bonchev–Trinajstić information content (AvgIpc) is 3.10. The lowest BCUT2D eigenvalue weighted by atomic mass is 9.83. The van der Waals surface area contributed by atoms with Gasteiger partial charge in [-0.1, -0.05) is 25.8 Å². The van der Waals surface area contributed by atoms with E-state index >= 15 is 0 Å². The molecule has 1 amide bonds. The lowest BCUT2D eigenvalue weighted by Crippen LogP contribution is -2.14. The molecule has 0 bridgehead atoms. The third-order valence-corrected chi connectivity index (χ3v) is 6.64. The number of anilines is 1. The minimum absolute atomic E-state index is 0.243. The van der Waals surface area contributed by atoms with Crippen LogP contribution in [0.25, 0.3) is 10.2 Å². The van der Waals surface area contributed by atoms with Gasteiger partial charge in [-0.3, -0.25) is 4.79 Å². The van der Waals surface area contributed by atoms with Crippen molar-refractivity contribution in [3.63, 3.8) is 0 Å². The first kappa shape index (κ1) is 18.9. The number of methoxy groups -OCH3 is 1. The fraction of sp³-hybridized carbons (Fsp3) is 0.409. The molecule has 5 nitrogen and oxygen atoms in total. The molecule has 2 heterocycles. The molecule has 6 heteroatoms. The van der Waals surface area contributed by atoms with Gasteiger partial charge in [0.15, 0.2) is 0 Å². The number of amides is 1. The Kier molecular flexibility index (Phi) is 5.31. The van der Waals surface area contributed by atoms with Crippen molar-refractivity contribution in [1.29, 1.82) is 0 Å². The number of nitrogens with one attached hydrogen (secondary N) is 1. The van der Waals surface area contributed by atoms with Gasteiger partial charge < -0.3 is 10.1 Å². The monoisotopic (exact) mass is 395 g/mol. The van der Waals surface area contributed by atoms with Crippen LogP contribution in [0.15, 0.2) is 30.3 Å². The molecule has 4 rings (SSSR count). The average molecular weight is 396 g/mol. The highest BCUT2D eigenvalue weighted by Gasteiger charge is 2.23. The zero-order valence-electron chi connectivity index (χ0n) is 16.5. The number of fused-ring (bicyclic) bond motifs is 1. The third kappa shape index (κ3) is 3.87. The van der Waals surface area contributed by atoms with Crippen LogP contribution in [0, 0.1) is 12.8 Å². The van der Waals surface area contributed by atoms with Crippen molar-refractivity contribution in [1.82, 2.24) is 9.97 Å². The van der Waals surface area contributed by atoms with Crippen molar-refractivity contribution in [3.05, 3.63) is 46.7 Å². The predicted octanol–water partition coefficient (Wildman–Crippen LogP) is 5.55. The molecule has 0 spiro atoms. The van der Waals surface area contributed by atoms with E-state index in [-0.39, 0.29) is 5.91 Å². The summed E-state index contributed by atoms with van der Waals surface area (Å²) in [6.07, 6.45) is 4.96. The van der Waals surface area contributed by atoms with Gasteiger partial charge in [-0.25, -0.2) is 9.97 Å². The van der Waals surface area contributed by atoms with Gasteiger partial charge in [-0.15, -0.1) is 11.3 Å². The number of benzene rings is 1. The van der Waals surface area contributed by atoms with Crippen molar-refractivity contribution >= 4 is 33.1 Å². The van der Waals surface area contributed by atoms with E-state index < -0.39 is 0 Å². The molecule has 0 unspecified atom stereocenters. The number of carbonyl (C=O) groups is 1. The molecule has 3 aromatic rings. The van der Waals surface area contributed by atoms with Gasteiger partial charge in [0.1, 0.15) is 11.4 Å². The number of aryl methyl sites for hydroxylation is 1. The van der Waals surface area contributed by atoms with Gasteiger partial charge >= 0.3 is 0 Å². The van der Waals surface area contributed by atoms with Crippen LogP contribution in [-0.4, -0.2) is 23.0 Å². The molecule has 1 N–H and O–H groups in total. The van der Waals surface area contributed by atoms with Crippen LogP contribution in [0.2, 0.25) is 0 Å². The minimum Gasteiger partial charge on any atom is -0.494 e. The summed E-state index contributed by atoms with van der Waals surface area (Å²) in [5.74, 6) is 1.74. The number of thiazole rings is 1. The summed E-state index contributed by atoms with van der Waals surface area (Å²) in [4.78, 5) is 21.8. The van der Waals surface area contributed by atoms with Crippen LogP contribution in [0.4, 0.5) is 5.69 Å². The molecular weight excluding hydrogens is 370 g/mol. The van der Waals surface area contributed by atoms with Crippen molar-refractivity contribution in [3.8, 4) is 5.75 Å². The molecular formula is C22H25N3O2S. The van der Waals surface area contributed by atoms with E-state index in [0.717, 1.165) is 21.8 Å². The lowest BCUT2D eigenvalue weighted by Gasteiger charge is -2.24. The second-order valence-electron chi connectivity index (χ2n) is 7.65. The van der Waals surface area contributed by atoms with Crippen LogP contribution >= 0.6 is 11.3 Å². The Labute approximate surface area is 169 Å². The Balaban J connectivity index is 1.62. The molecule has 1 aromatic carbocycles. The summed E-state index contributed by atoms with van der Waals surface area (Å²) in [6, 6.07) is 9.29. The molecule has 1 fully saturated rings. The molecule has 0 aliphatic heterocycles. The van der Waals surface area contributed by atoms with E-state index in [9.17, 15) is 4.79 Å². The zero-order valence-corrected chi connectivity index (χ0v) is 17.3. The Bertz CT molecular complexity index is 1010. The number of nitrogens with zero attached hydrogens (tertiary/aromatic N) is 2. The fourth-order valence-corrected chi connectivity index (χ4v) is 4.93. The third-order valence-electron chi connectivity index (χ3n) is 5.46. The number of ether oxygens (including phenoxy) is 1. The van der Waals surface area contributed by atoms with Gasteiger partial charge in [0, 0.05) is 17.7 Å². The Hall–Kier alpha value is -2.47. The molecule has 0 atom stereocenters.